The molecule has 0 radical (unpaired) electrons. The van der Waals surface area contributed by atoms with E-state index in [9.17, 15) is 0 Å². The van der Waals surface area contributed by atoms with Crippen LogP contribution in [0.25, 0.3) is 64.4 Å². The van der Waals surface area contributed by atoms with Crippen molar-refractivity contribution in [1.82, 2.24) is 0 Å². The van der Waals surface area contributed by atoms with E-state index < -0.39 is 0 Å². The van der Waals surface area contributed by atoms with Crippen molar-refractivity contribution in [3.05, 3.63) is 164 Å². The molecule has 0 N–H and O–H groups in total. The van der Waals surface area contributed by atoms with Crippen LogP contribution in [0.4, 0.5) is 17.1 Å². The van der Waals surface area contributed by atoms with Crippen molar-refractivity contribution >= 4 is 70.5 Å². The van der Waals surface area contributed by atoms with Crippen LogP contribution in [0.3, 0.4) is 0 Å². The molecule has 2 heterocycles. The lowest BCUT2D eigenvalue weighted by Gasteiger charge is -2.26. The molecular formula is C42H27NOS. The highest BCUT2D eigenvalue weighted by atomic mass is 32.1. The summed E-state index contributed by atoms with van der Waals surface area (Å²) in [7, 11) is 0. The molecule has 0 aliphatic heterocycles. The fourth-order valence-electron chi connectivity index (χ4n) is 6.55. The number of furan rings is 1. The van der Waals surface area contributed by atoms with E-state index in [1.807, 2.05) is 17.4 Å². The number of benzene rings is 7. The molecule has 2 nitrogen and oxygen atoms in total. The maximum Gasteiger partial charge on any atom is 0.144 e. The Balaban J connectivity index is 1.25. The lowest BCUT2D eigenvalue weighted by Crippen LogP contribution is -2.09. The summed E-state index contributed by atoms with van der Waals surface area (Å²) in [5.74, 6) is 0. The molecule has 7 aromatic carbocycles. The second-order valence-electron chi connectivity index (χ2n) is 11.3. The fourth-order valence-corrected chi connectivity index (χ4v) is 7.79. The highest BCUT2D eigenvalue weighted by Crippen LogP contribution is 2.47. The van der Waals surface area contributed by atoms with Gasteiger partial charge in [-0.25, -0.2) is 0 Å². The molecule has 212 valence electrons. The van der Waals surface area contributed by atoms with Gasteiger partial charge in [-0.3, -0.25) is 0 Å². The van der Waals surface area contributed by atoms with Gasteiger partial charge in [0.1, 0.15) is 11.2 Å². The van der Waals surface area contributed by atoms with Crippen molar-refractivity contribution in [2.45, 2.75) is 0 Å². The lowest BCUT2D eigenvalue weighted by molar-refractivity contribution is 0.673. The molecule has 0 fully saturated rings. The average molecular weight is 594 g/mol. The summed E-state index contributed by atoms with van der Waals surface area (Å²) < 4.78 is 9.06. The standard InChI is InChI=1S/C42H27NOS/c1-3-12-28(13-4-1)29-22-24-32(25-23-29)43(31-15-5-2-6-16-31)33-17-11-14-30(26-33)36-27-37-34-18-7-9-20-38(34)44-41(37)40-35-19-8-10-21-39(35)45-42(36)40/h1-27H. The summed E-state index contributed by atoms with van der Waals surface area (Å²) in [6, 6.07) is 58.3. The Kier molecular flexibility index (Phi) is 6.03. The van der Waals surface area contributed by atoms with E-state index in [1.54, 1.807) is 0 Å². The van der Waals surface area contributed by atoms with Crippen molar-refractivity contribution in [2.75, 3.05) is 4.90 Å². The predicted molar refractivity (Wildman–Crippen MR) is 192 cm³/mol. The van der Waals surface area contributed by atoms with Gasteiger partial charge in [-0.15, -0.1) is 11.3 Å². The number of thiophene rings is 1. The highest BCUT2D eigenvalue weighted by Gasteiger charge is 2.20. The Morgan fingerprint density at radius 3 is 1.89 bits per heavy atom. The summed E-state index contributed by atoms with van der Waals surface area (Å²) in [4.78, 5) is 2.34. The monoisotopic (exact) mass is 593 g/mol. The minimum atomic E-state index is 0.921. The minimum absolute atomic E-state index is 0.921. The van der Waals surface area contributed by atoms with Gasteiger partial charge in [0.2, 0.25) is 0 Å². The van der Waals surface area contributed by atoms with Crippen LogP contribution in [0.1, 0.15) is 0 Å². The molecule has 0 unspecified atom stereocenters. The van der Waals surface area contributed by atoms with Gasteiger partial charge in [-0.1, -0.05) is 109 Å². The van der Waals surface area contributed by atoms with Gasteiger partial charge >= 0.3 is 0 Å². The summed E-state index contributed by atoms with van der Waals surface area (Å²) in [5, 5.41) is 4.73. The first-order valence-electron chi connectivity index (χ1n) is 15.2. The Morgan fingerprint density at radius 1 is 0.444 bits per heavy atom. The van der Waals surface area contributed by atoms with Gasteiger partial charge in [0, 0.05) is 53.6 Å². The molecule has 0 amide bonds. The Morgan fingerprint density at radius 2 is 1.07 bits per heavy atom. The van der Waals surface area contributed by atoms with Crippen molar-refractivity contribution < 1.29 is 4.42 Å². The third-order valence-corrected chi connectivity index (χ3v) is 9.86. The molecule has 0 aliphatic carbocycles. The van der Waals surface area contributed by atoms with Crippen LogP contribution in [-0.2, 0) is 0 Å². The number of anilines is 3. The second kappa shape index (κ2) is 10.5. The van der Waals surface area contributed by atoms with Crippen LogP contribution < -0.4 is 4.90 Å². The summed E-state index contributed by atoms with van der Waals surface area (Å²) in [6.07, 6.45) is 0. The van der Waals surface area contributed by atoms with E-state index in [0.717, 1.165) is 39.0 Å². The van der Waals surface area contributed by atoms with Crippen LogP contribution in [0.2, 0.25) is 0 Å². The first kappa shape index (κ1) is 25.8. The van der Waals surface area contributed by atoms with E-state index in [-0.39, 0.29) is 0 Å². The Bertz CT molecular complexity index is 2470. The number of hydrogen-bond donors (Lipinski definition) is 0. The molecule has 2 aromatic heterocycles. The Labute approximate surface area is 265 Å². The summed E-state index contributed by atoms with van der Waals surface area (Å²) in [5.41, 5.74) is 10.0. The molecule has 9 rings (SSSR count). The zero-order chi connectivity index (χ0) is 29.7. The largest absolute Gasteiger partial charge is 0.455 e. The molecule has 9 aromatic rings. The lowest BCUT2D eigenvalue weighted by atomic mass is 9.98. The summed E-state index contributed by atoms with van der Waals surface area (Å²) >= 11 is 1.84. The number of hydrogen-bond acceptors (Lipinski definition) is 3. The number of fused-ring (bicyclic) bond motifs is 7. The second-order valence-corrected chi connectivity index (χ2v) is 12.4. The van der Waals surface area contributed by atoms with Crippen LogP contribution >= 0.6 is 11.3 Å². The van der Waals surface area contributed by atoms with Crippen LogP contribution in [0.5, 0.6) is 0 Å². The van der Waals surface area contributed by atoms with Gasteiger partial charge < -0.3 is 9.32 Å². The van der Waals surface area contributed by atoms with Gasteiger partial charge in [0.15, 0.2) is 0 Å². The van der Waals surface area contributed by atoms with Crippen LogP contribution in [-0.4, -0.2) is 0 Å². The third kappa shape index (κ3) is 4.32. The third-order valence-electron chi connectivity index (χ3n) is 8.65. The number of rotatable bonds is 5. The topological polar surface area (TPSA) is 16.4 Å². The maximum absolute atomic E-state index is 6.54. The van der Waals surface area contributed by atoms with Crippen LogP contribution in [0, 0.1) is 0 Å². The van der Waals surface area contributed by atoms with Gasteiger partial charge in [0.05, 0.1) is 0 Å². The maximum atomic E-state index is 6.54. The van der Waals surface area contributed by atoms with Gasteiger partial charge in [-0.05, 0) is 71.3 Å². The molecule has 0 aliphatic rings. The minimum Gasteiger partial charge on any atom is -0.455 e. The summed E-state index contributed by atoms with van der Waals surface area (Å²) in [6.45, 7) is 0. The SMILES string of the molecule is c1ccc(-c2ccc(N(c3ccccc3)c3cccc(-c4cc5c6ccccc6oc5c5c4sc4ccccc45)c3)cc2)cc1. The predicted octanol–water partition coefficient (Wildman–Crippen LogP) is 12.8. The first-order chi connectivity index (χ1) is 22.3. The van der Waals surface area contributed by atoms with Gasteiger partial charge in [0.25, 0.3) is 0 Å². The van der Waals surface area contributed by atoms with Crippen LogP contribution in [0.15, 0.2) is 168 Å². The van der Waals surface area contributed by atoms with E-state index in [1.165, 1.54) is 42.4 Å². The van der Waals surface area contributed by atoms with E-state index >= 15 is 0 Å². The van der Waals surface area contributed by atoms with Gasteiger partial charge in [-0.2, -0.15) is 0 Å². The Hall–Kier alpha value is -5.64. The highest BCUT2D eigenvalue weighted by molar-refractivity contribution is 7.26. The normalized spacial score (nSPS) is 11.6. The number of para-hydroxylation sites is 2. The molecule has 45 heavy (non-hydrogen) atoms. The van der Waals surface area contributed by atoms with Crippen molar-refractivity contribution in [1.29, 1.82) is 0 Å². The molecule has 0 spiro atoms. The molecular weight excluding hydrogens is 567 g/mol. The van der Waals surface area contributed by atoms with Crippen molar-refractivity contribution in [3.8, 4) is 22.3 Å². The number of nitrogens with zero attached hydrogens (tertiary/aromatic N) is 1. The van der Waals surface area contributed by atoms with E-state index in [0.29, 0.717) is 0 Å². The van der Waals surface area contributed by atoms with Crippen molar-refractivity contribution in [2.24, 2.45) is 0 Å². The first-order valence-corrected chi connectivity index (χ1v) is 16.0. The smallest absolute Gasteiger partial charge is 0.144 e. The zero-order valence-corrected chi connectivity index (χ0v) is 25.2. The molecule has 0 bridgehead atoms. The molecule has 0 atom stereocenters. The molecule has 3 heteroatoms. The van der Waals surface area contributed by atoms with E-state index in [4.69, 9.17) is 4.42 Å². The molecule has 0 saturated carbocycles. The average Bonchev–Trinajstić information content (AvgIpc) is 3.68. The fraction of sp³-hybridized carbons (Fsp3) is 0. The van der Waals surface area contributed by atoms with E-state index in [2.05, 4.69) is 163 Å². The quantitative estimate of drug-likeness (QED) is 0.197. The zero-order valence-electron chi connectivity index (χ0n) is 24.4. The van der Waals surface area contributed by atoms with Crippen molar-refractivity contribution in [3.63, 3.8) is 0 Å². The molecule has 0 saturated heterocycles.